The van der Waals surface area contributed by atoms with Gasteiger partial charge in [-0.1, -0.05) is 0 Å². The van der Waals surface area contributed by atoms with Crippen LogP contribution in [-0.2, 0) is 21.4 Å². The molecule has 1 N–H and O–H groups in total. The van der Waals surface area contributed by atoms with Crippen LogP contribution in [0.15, 0.2) is 50.5 Å². The van der Waals surface area contributed by atoms with E-state index in [4.69, 9.17) is 4.42 Å². The second-order valence-electron chi connectivity index (χ2n) is 7.52. The summed E-state index contributed by atoms with van der Waals surface area (Å²) in [6, 6.07) is 8.36. The third-order valence-corrected chi connectivity index (χ3v) is 7.26. The Morgan fingerprint density at radius 3 is 2.61 bits per heavy atom. The number of benzene rings is 2. The molecule has 2 heterocycles. The zero-order chi connectivity index (χ0) is 22.2. The van der Waals surface area contributed by atoms with Crippen molar-refractivity contribution < 1.29 is 22.0 Å². The van der Waals surface area contributed by atoms with Crippen molar-refractivity contribution in [2.75, 3.05) is 18.4 Å². The number of amides is 1. The molecule has 0 saturated carbocycles. The predicted molar refractivity (Wildman–Crippen MR) is 113 cm³/mol. The van der Waals surface area contributed by atoms with Crippen LogP contribution in [0, 0.1) is 12.7 Å². The van der Waals surface area contributed by atoms with E-state index in [1.807, 2.05) is 0 Å². The van der Waals surface area contributed by atoms with Gasteiger partial charge in [0.05, 0.1) is 10.4 Å². The highest BCUT2D eigenvalue weighted by atomic mass is 32.2. The molecule has 1 aliphatic rings. The monoisotopic (exact) mass is 447 g/mol. The summed E-state index contributed by atoms with van der Waals surface area (Å²) < 4.78 is 46.6. The molecule has 0 spiro atoms. The van der Waals surface area contributed by atoms with E-state index >= 15 is 0 Å². The van der Waals surface area contributed by atoms with Crippen molar-refractivity contribution in [2.24, 2.45) is 0 Å². The third kappa shape index (κ3) is 4.26. The number of hydrogen-bond acceptors (Lipinski definition) is 5. The fraction of sp³-hybridized carbons (Fsp3) is 0.333. The third-order valence-electron chi connectivity index (χ3n) is 5.37. The minimum atomic E-state index is -3.63. The van der Waals surface area contributed by atoms with Crippen LogP contribution in [0.25, 0.3) is 11.1 Å². The van der Waals surface area contributed by atoms with Gasteiger partial charge >= 0.3 is 5.76 Å². The van der Waals surface area contributed by atoms with Crippen LogP contribution in [0.1, 0.15) is 24.8 Å². The van der Waals surface area contributed by atoms with E-state index in [0.29, 0.717) is 29.9 Å². The Bertz CT molecular complexity index is 1310. The van der Waals surface area contributed by atoms with E-state index in [1.54, 1.807) is 6.92 Å². The van der Waals surface area contributed by atoms with Gasteiger partial charge < -0.3 is 9.73 Å². The van der Waals surface area contributed by atoms with Crippen molar-refractivity contribution in [3.05, 3.63) is 58.3 Å². The van der Waals surface area contributed by atoms with Crippen LogP contribution in [0.2, 0.25) is 0 Å². The molecule has 0 unspecified atom stereocenters. The highest BCUT2D eigenvalue weighted by Gasteiger charge is 2.28. The number of oxazole rings is 1. The summed E-state index contributed by atoms with van der Waals surface area (Å²) in [6.07, 6.45) is 1.64. The summed E-state index contributed by atoms with van der Waals surface area (Å²) >= 11 is 0. The number of rotatable bonds is 6. The number of nitrogens with zero attached hydrogens (tertiary/aromatic N) is 2. The largest absolute Gasteiger partial charge is 0.419 e. The van der Waals surface area contributed by atoms with Crippen LogP contribution in [0.5, 0.6) is 0 Å². The summed E-state index contributed by atoms with van der Waals surface area (Å²) in [7, 11) is -3.63. The summed E-state index contributed by atoms with van der Waals surface area (Å²) in [5, 5.41) is 2.69. The second-order valence-corrected chi connectivity index (χ2v) is 9.46. The van der Waals surface area contributed by atoms with Gasteiger partial charge in [-0.3, -0.25) is 9.36 Å². The number of anilines is 1. The number of sulfonamides is 1. The molecule has 0 radical (unpaired) electrons. The standard InChI is InChI=1S/C21H22FN3O5S/c1-14-12-15(22)4-6-17(14)23-20(26)8-11-25-18-7-5-16(13-19(18)30-21(25)27)31(28,29)24-9-2-3-10-24/h4-7,12-13H,2-3,8-11H2,1H3,(H,23,26). The fourth-order valence-corrected chi connectivity index (χ4v) is 5.22. The van der Waals surface area contributed by atoms with Gasteiger partial charge in [0.1, 0.15) is 5.82 Å². The van der Waals surface area contributed by atoms with Crippen molar-refractivity contribution in [1.82, 2.24) is 8.87 Å². The van der Waals surface area contributed by atoms with Crippen molar-refractivity contribution in [2.45, 2.75) is 37.6 Å². The molecule has 1 saturated heterocycles. The Morgan fingerprint density at radius 2 is 1.90 bits per heavy atom. The molecule has 0 aliphatic carbocycles. The first-order valence-corrected chi connectivity index (χ1v) is 11.4. The van der Waals surface area contributed by atoms with Gasteiger partial charge in [-0.2, -0.15) is 4.31 Å². The van der Waals surface area contributed by atoms with E-state index in [0.717, 1.165) is 12.8 Å². The smallest absolute Gasteiger partial charge is 0.408 e. The van der Waals surface area contributed by atoms with Gasteiger partial charge in [0.25, 0.3) is 0 Å². The number of fused-ring (bicyclic) bond motifs is 1. The molecular formula is C21H22FN3O5S. The lowest BCUT2D eigenvalue weighted by Crippen LogP contribution is -2.27. The molecule has 10 heteroatoms. The lowest BCUT2D eigenvalue weighted by Gasteiger charge is -2.15. The molecule has 31 heavy (non-hydrogen) atoms. The van der Waals surface area contributed by atoms with Crippen molar-refractivity contribution in [3.8, 4) is 0 Å². The number of carbonyl (C=O) groups is 1. The lowest BCUT2D eigenvalue weighted by molar-refractivity contribution is -0.116. The van der Waals surface area contributed by atoms with Gasteiger partial charge in [0, 0.05) is 37.8 Å². The molecule has 2 aromatic carbocycles. The number of halogens is 1. The van der Waals surface area contributed by atoms with Gasteiger partial charge in [-0.25, -0.2) is 17.6 Å². The average Bonchev–Trinajstić information content (AvgIpc) is 3.36. The van der Waals surface area contributed by atoms with Crippen LogP contribution in [0.3, 0.4) is 0 Å². The first kappa shape index (κ1) is 21.3. The molecule has 1 fully saturated rings. The van der Waals surface area contributed by atoms with Gasteiger partial charge in [-0.15, -0.1) is 0 Å². The molecular weight excluding hydrogens is 425 g/mol. The zero-order valence-electron chi connectivity index (χ0n) is 16.9. The van der Waals surface area contributed by atoms with E-state index < -0.39 is 21.6 Å². The van der Waals surface area contributed by atoms with E-state index in [1.165, 1.54) is 45.3 Å². The Hall–Kier alpha value is -2.98. The van der Waals surface area contributed by atoms with Crippen LogP contribution in [-0.4, -0.2) is 36.3 Å². The van der Waals surface area contributed by atoms with E-state index in [2.05, 4.69) is 5.32 Å². The molecule has 3 aromatic rings. The summed E-state index contributed by atoms with van der Waals surface area (Å²) in [5.41, 5.74) is 1.65. The quantitative estimate of drug-likeness (QED) is 0.626. The maximum atomic E-state index is 13.2. The molecule has 1 amide bonds. The van der Waals surface area contributed by atoms with Crippen LogP contribution in [0.4, 0.5) is 10.1 Å². The average molecular weight is 447 g/mol. The van der Waals surface area contributed by atoms with Crippen molar-refractivity contribution >= 4 is 32.7 Å². The Balaban J connectivity index is 1.51. The Labute approximate surface area is 178 Å². The van der Waals surface area contributed by atoms with E-state index in [-0.39, 0.29) is 29.4 Å². The molecule has 1 aliphatic heterocycles. The van der Waals surface area contributed by atoms with Gasteiger partial charge in [-0.05, 0) is 55.7 Å². The van der Waals surface area contributed by atoms with Crippen molar-refractivity contribution in [1.29, 1.82) is 0 Å². The number of aryl methyl sites for hydroxylation is 2. The SMILES string of the molecule is Cc1cc(F)ccc1NC(=O)CCn1c(=O)oc2cc(S(=O)(=O)N3CCCC3)ccc21. The summed E-state index contributed by atoms with van der Waals surface area (Å²) in [6.45, 7) is 2.69. The van der Waals surface area contributed by atoms with Crippen LogP contribution < -0.4 is 11.1 Å². The zero-order valence-corrected chi connectivity index (χ0v) is 17.7. The number of nitrogens with one attached hydrogen (secondary N) is 1. The topological polar surface area (TPSA) is 102 Å². The minimum Gasteiger partial charge on any atom is -0.408 e. The predicted octanol–water partition coefficient (Wildman–Crippen LogP) is 2.86. The lowest BCUT2D eigenvalue weighted by atomic mass is 10.2. The highest BCUT2D eigenvalue weighted by Crippen LogP contribution is 2.24. The van der Waals surface area contributed by atoms with Crippen molar-refractivity contribution in [3.63, 3.8) is 0 Å². The fourth-order valence-electron chi connectivity index (χ4n) is 3.69. The summed E-state index contributed by atoms with van der Waals surface area (Å²) in [5.74, 6) is -1.40. The van der Waals surface area contributed by atoms with Gasteiger partial charge in [0.15, 0.2) is 5.58 Å². The molecule has 8 nitrogen and oxygen atoms in total. The Morgan fingerprint density at radius 1 is 1.16 bits per heavy atom. The van der Waals surface area contributed by atoms with E-state index in [9.17, 15) is 22.4 Å². The van der Waals surface area contributed by atoms with Crippen LogP contribution >= 0.6 is 0 Å². The number of hydrogen-bond donors (Lipinski definition) is 1. The second kappa shape index (κ2) is 8.27. The molecule has 0 bridgehead atoms. The number of aromatic nitrogens is 1. The molecule has 4 rings (SSSR count). The first-order chi connectivity index (χ1) is 14.8. The first-order valence-electron chi connectivity index (χ1n) is 9.95. The molecule has 1 aromatic heterocycles. The molecule has 0 atom stereocenters. The van der Waals surface area contributed by atoms with Gasteiger partial charge in [0.2, 0.25) is 15.9 Å². The maximum absolute atomic E-state index is 13.2. The highest BCUT2D eigenvalue weighted by molar-refractivity contribution is 7.89. The minimum absolute atomic E-state index is 0.0147. The maximum Gasteiger partial charge on any atom is 0.419 e. The Kier molecular flexibility index (Phi) is 5.67. The normalized spacial score (nSPS) is 14.9. The number of carbonyl (C=O) groups excluding carboxylic acids is 1. The molecule has 164 valence electrons. The summed E-state index contributed by atoms with van der Waals surface area (Å²) in [4.78, 5) is 24.6.